The van der Waals surface area contributed by atoms with E-state index in [0.717, 1.165) is 10.9 Å². The Morgan fingerprint density at radius 3 is 1.70 bits per heavy atom. The minimum atomic E-state index is 0. The molecule has 0 heterocycles. The molecule has 1 unspecified atom stereocenters. The van der Waals surface area contributed by atoms with Crippen molar-refractivity contribution in [1.82, 2.24) is 0 Å². The Kier molecular flexibility index (Phi) is 6.65. The van der Waals surface area contributed by atoms with Crippen LogP contribution >= 0.6 is 0 Å². The number of hydrogen-bond acceptors (Lipinski definition) is 1. The minimum absolute atomic E-state index is 0. The molecule has 64 valence electrons. The molecule has 0 saturated heterocycles. The third-order valence-electron chi connectivity index (χ3n) is 1.78. The van der Waals surface area contributed by atoms with E-state index in [1.54, 1.807) is 0 Å². The highest BCUT2D eigenvalue weighted by atomic mass is 79.9. The second-order valence-electron chi connectivity index (χ2n) is 3.36. The summed E-state index contributed by atoms with van der Waals surface area (Å²) < 4.78 is 0.854. The fourth-order valence-corrected chi connectivity index (χ4v) is 0.922. The van der Waals surface area contributed by atoms with Crippen LogP contribution in [0.25, 0.3) is 0 Å². The summed E-state index contributed by atoms with van der Waals surface area (Å²) in [6, 6.07) is 0.394. The maximum Gasteiger partial charge on any atom is 0.111 e. The molecule has 0 radical (unpaired) electrons. The Labute approximate surface area is 74.2 Å². The number of nitrogens with zero attached hydrogens (tertiary/aromatic N) is 1. The number of quaternary nitrogens is 1. The van der Waals surface area contributed by atoms with Gasteiger partial charge in [0, 0.05) is 0 Å². The van der Waals surface area contributed by atoms with E-state index in [9.17, 15) is 0 Å². The molecule has 0 aliphatic carbocycles. The van der Waals surface area contributed by atoms with Gasteiger partial charge >= 0.3 is 0 Å². The van der Waals surface area contributed by atoms with Crippen molar-refractivity contribution < 1.29 is 26.6 Å². The van der Waals surface area contributed by atoms with E-state index in [1.165, 1.54) is 0 Å². The third kappa shape index (κ3) is 4.25. The molecule has 0 fully saturated rings. The number of aliphatic hydroxyl groups excluding tert-OH is 1. The monoisotopic (exact) mass is 211 g/mol. The molecule has 3 heteroatoms. The summed E-state index contributed by atoms with van der Waals surface area (Å²) in [6.07, 6.45) is 1.04. The first kappa shape index (κ1) is 13.0. The van der Waals surface area contributed by atoms with Gasteiger partial charge < -0.3 is 26.6 Å². The van der Waals surface area contributed by atoms with Gasteiger partial charge in [0.05, 0.1) is 27.7 Å². The highest BCUT2D eigenvalue weighted by Gasteiger charge is 2.19. The number of halogens is 1. The molecule has 0 spiro atoms. The first-order valence-corrected chi connectivity index (χ1v) is 3.44. The lowest BCUT2D eigenvalue weighted by Crippen LogP contribution is -3.00. The molecule has 10 heavy (non-hydrogen) atoms. The van der Waals surface area contributed by atoms with E-state index in [1.807, 2.05) is 0 Å². The molecular formula is C7H18BrNO. The van der Waals surface area contributed by atoms with Gasteiger partial charge in [0.2, 0.25) is 0 Å². The maximum atomic E-state index is 8.85. The zero-order chi connectivity index (χ0) is 7.49. The summed E-state index contributed by atoms with van der Waals surface area (Å²) in [4.78, 5) is 0. The predicted octanol–water partition coefficient (Wildman–Crippen LogP) is -2.53. The first-order chi connectivity index (χ1) is 4.02. The topological polar surface area (TPSA) is 20.2 Å². The van der Waals surface area contributed by atoms with Crippen molar-refractivity contribution in [2.75, 3.05) is 27.7 Å². The van der Waals surface area contributed by atoms with Crippen molar-refractivity contribution in [3.8, 4) is 0 Å². The lowest BCUT2D eigenvalue weighted by Gasteiger charge is -2.32. The molecule has 0 aromatic heterocycles. The van der Waals surface area contributed by atoms with Crippen LogP contribution in [-0.2, 0) is 0 Å². The van der Waals surface area contributed by atoms with Gasteiger partial charge in [0.1, 0.15) is 6.04 Å². The van der Waals surface area contributed by atoms with Gasteiger partial charge in [-0.15, -0.1) is 0 Å². The van der Waals surface area contributed by atoms with Gasteiger partial charge in [-0.1, -0.05) is 6.92 Å². The molecule has 2 nitrogen and oxygen atoms in total. The number of likely N-dealkylation sites (N-methyl/N-ethyl adjacent to an activating group) is 1. The van der Waals surface area contributed by atoms with Crippen LogP contribution < -0.4 is 17.0 Å². The number of hydrogen-bond donors (Lipinski definition) is 1. The van der Waals surface area contributed by atoms with Crippen LogP contribution in [0, 0.1) is 0 Å². The molecule has 0 saturated carbocycles. The lowest BCUT2D eigenvalue weighted by atomic mass is 10.2. The summed E-state index contributed by atoms with van der Waals surface area (Å²) in [7, 11) is 6.30. The van der Waals surface area contributed by atoms with Crippen LogP contribution in [-0.4, -0.2) is 43.4 Å². The highest BCUT2D eigenvalue weighted by molar-refractivity contribution is 4.49. The zero-order valence-corrected chi connectivity index (χ0v) is 8.85. The summed E-state index contributed by atoms with van der Waals surface area (Å²) in [5.41, 5.74) is 0. The Morgan fingerprint density at radius 2 is 1.70 bits per heavy atom. The van der Waals surface area contributed by atoms with Crippen molar-refractivity contribution in [1.29, 1.82) is 0 Å². The summed E-state index contributed by atoms with van der Waals surface area (Å²) in [5.74, 6) is 0. The first-order valence-electron chi connectivity index (χ1n) is 3.44. The van der Waals surface area contributed by atoms with Crippen LogP contribution in [0.1, 0.15) is 13.3 Å². The average molecular weight is 212 g/mol. The smallest absolute Gasteiger partial charge is 0.111 e. The maximum absolute atomic E-state index is 8.85. The van der Waals surface area contributed by atoms with Gasteiger partial charge in [-0.05, 0) is 6.42 Å². The third-order valence-corrected chi connectivity index (χ3v) is 1.78. The minimum Gasteiger partial charge on any atom is -1.00 e. The second-order valence-corrected chi connectivity index (χ2v) is 3.36. The fourth-order valence-electron chi connectivity index (χ4n) is 0.922. The van der Waals surface area contributed by atoms with Gasteiger partial charge in [0.15, 0.2) is 0 Å². The Bertz CT molecular complexity index is 76.2. The van der Waals surface area contributed by atoms with Crippen LogP contribution in [0.2, 0.25) is 0 Å². The van der Waals surface area contributed by atoms with Crippen molar-refractivity contribution >= 4 is 0 Å². The SMILES string of the molecule is CCC(CO)[N+](C)(C)C.[Br-]. The van der Waals surface area contributed by atoms with Crippen LogP contribution in [0.3, 0.4) is 0 Å². The van der Waals surface area contributed by atoms with Gasteiger partial charge in [-0.2, -0.15) is 0 Å². The van der Waals surface area contributed by atoms with Gasteiger partial charge in [0.25, 0.3) is 0 Å². The highest BCUT2D eigenvalue weighted by Crippen LogP contribution is 2.04. The quantitative estimate of drug-likeness (QED) is 0.511. The largest absolute Gasteiger partial charge is 1.00 e. The van der Waals surface area contributed by atoms with E-state index in [4.69, 9.17) is 5.11 Å². The van der Waals surface area contributed by atoms with E-state index in [2.05, 4.69) is 28.1 Å². The summed E-state index contributed by atoms with van der Waals surface area (Å²) >= 11 is 0. The molecule has 0 rings (SSSR count). The predicted molar refractivity (Wildman–Crippen MR) is 39.2 cm³/mol. The van der Waals surface area contributed by atoms with Crippen molar-refractivity contribution in [2.45, 2.75) is 19.4 Å². The molecule has 0 bridgehead atoms. The zero-order valence-electron chi connectivity index (χ0n) is 7.26. The van der Waals surface area contributed by atoms with Crippen molar-refractivity contribution in [3.63, 3.8) is 0 Å². The second kappa shape index (κ2) is 5.10. The van der Waals surface area contributed by atoms with E-state index in [0.29, 0.717) is 12.6 Å². The Balaban J connectivity index is 0. The van der Waals surface area contributed by atoms with Crippen LogP contribution in [0.5, 0.6) is 0 Å². The molecule has 1 N–H and O–H groups in total. The fraction of sp³-hybridized carbons (Fsp3) is 1.00. The van der Waals surface area contributed by atoms with Gasteiger partial charge in [-0.25, -0.2) is 0 Å². The van der Waals surface area contributed by atoms with Crippen LogP contribution in [0.4, 0.5) is 0 Å². The molecule has 0 aliphatic heterocycles. The average Bonchev–Trinajstić information content (AvgIpc) is 1.65. The van der Waals surface area contributed by atoms with Crippen molar-refractivity contribution in [3.05, 3.63) is 0 Å². The Hall–Kier alpha value is 0.400. The van der Waals surface area contributed by atoms with Crippen molar-refractivity contribution in [2.24, 2.45) is 0 Å². The molecular weight excluding hydrogens is 194 g/mol. The summed E-state index contributed by atoms with van der Waals surface area (Å²) in [5, 5.41) is 8.85. The number of aliphatic hydroxyl groups is 1. The van der Waals surface area contributed by atoms with E-state index >= 15 is 0 Å². The number of rotatable bonds is 3. The molecule has 0 aliphatic rings. The Morgan fingerprint density at radius 1 is 1.30 bits per heavy atom. The lowest BCUT2D eigenvalue weighted by molar-refractivity contribution is -0.896. The molecule has 0 aromatic rings. The normalized spacial score (nSPS) is 14.1. The summed E-state index contributed by atoms with van der Waals surface area (Å²) in [6.45, 7) is 2.39. The molecule has 1 atom stereocenters. The van der Waals surface area contributed by atoms with Crippen LogP contribution in [0.15, 0.2) is 0 Å². The molecule has 0 amide bonds. The standard InChI is InChI=1S/C7H18NO.BrH/c1-5-7(6-9)8(2,3)4;/h7,9H,5-6H2,1-4H3;1H/q+1;/p-1. The van der Waals surface area contributed by atoms with Gasteiger partial charge in [-0.3, -0.25) is 0 Å². The van der Waals surface area contributed by atoms with E-state index < -0.39 is 0 Å². The van der Waals surface area contributed by atoms with E-state index in [-0.39, 0.29) is 17.0 Å². The molecule has 0 aromatic carbocycles.